The van der Waals surface area contributed by atoms with Gasteiger partial charge in [-0.05, 0) is 12.1 Å². The molecule has 0 heterocycles. The highest BCUT2D eigenvalue weighted by atomic mass is 35.5. The van der Waals surface area contributed by atoms with Gasteiger partial charge in [-0.25, -0.2) is 8.78 Å². The number of rotatable bonds is 2. The van der Waals surface area contributed by atoms with E-state index in [0.29, 0.717) is 0 Å². The molecule has 1 nitrogen and oxygen atoms in total. The van der Waals surface area contributed by atoms with Crippen molar-refractivity contribution < 1.29 is 13.9 Å². The van der Waals surface area contributed by atoms with E-state index in [0.717, 1.165) is 12.1 Å². The number of hydrogen-bond acceptors (Lipinski definition) is 1. The second-order valence-electron chi connectivity index (χ2n) is 3.79. The highest BCUT2D eigenvalue weighted by molar-refractivity contribution is 6.30. The molecule has 0 amide bonds. The molecule has 0 radical (unpaired) electrons. The third-order valence-electron chi connectivity index (χ3n) is 2.12. The van der Waals surface area contributed by atoms with Crippen LogP contribution in [0.2, 0.25) is 5.02 Å². The van der Waals surface area contributed by atoms with E-state index >= 15 is 0 Å². The first-order valence-electron chi connectivity index (χ1n) is 4.14. The number of aliphatic hydroxyl groups excluding tert-OH is 1. The standard InChI is InChI=1S/C10H11ClF2O/c1-10(2,5-14)7-3-6(12)4-8(11)9(7)13/h3-4,14H,5H2,1-2H3. The maximum absolute atomic E-state index is 13.5. The van der Waals surface area contributed by atoms with Crippen LogP contribution in [-0.2, 0) is 5.41 Å². The summed E-state index contributed by atoms with van der Waals surface area (Å²) in [6, 6.07) is 1.96. The summed E-state index contributed by atoms with van der Waals surface area (Å²) in [5.41, 5.74) is -0.750. The van der Waals surface area contributed by atoms with Crippen molar-refractivity contribution in [3.8, 4) is 0 Å². The lowest BCUT2D eigenvalue weighted by atomic mass is 9.85. The SMILES string of the molecule is CC(C)(CO)c1cc(F)cc(Cl)c1F. The lowest BCUT2D eigenvalue weighted by molar-refractivity contribution is 0.214. The minimum absolute atomic E-state index is 0.0880. The third kappa shape index (κ3) is 2.04. The minimum Gasteiger partial charge on any atom is -0.395 e. The fourth-order valence-corrected chi connectivity index (χ4v) is 1.34. The van der Waals surface area contributed by atoms with Gasteiger partial charge in [0.15, 0.2) is 0 Å². The Balaban J connectivity index is 3.34. The van der Waals surface area contributed by atoms with Crippen molar-refractivity contribution in [3.05, 3.63) is 34.4 Å². The Hall–Kier alpha value is -0.670. The summed E-state index contributed by atoms with van der Waals surface area (Å²) in [5.74, 6) is -1.28. The first-order valence-corrected chi connectivity index (χ1v) is 4.52. The van der Waals surface area contributed by atoms with Crippen LogP contribution in [-0.4, -0.2) is 11.7 Å². The Morgan fingerprint density at radius 3 is 2.43 bits per heavy atom. The molecule has 0 aromatic heterocycles. The molecule has 0 spiro atoms. The Labute approximate surface area is 86.3 Å². The first-order chi connectivity index (χ1) is 6.38. The van der Waals surface area contributed by atoms with E-state index in [2.05, 4.69) is 0 Å². The van der Waals surface area contributed by atoms with Gasteiger partial charge in [0.2, 0.25) is 0 Å². The van der Waals surface area contributed by atoms with Crippen LogP contribution in [0.4, 0.5) is 8.78 Å². The van der Waals surface area contributed by atoms with Crippen LogP contribution in [0, 0.1) is 11.6 Å². The lowest BCUT2D eigenvalue weighted by Gasteiger charge is -2.23. The van der Waals surface area contributed by atoms with Crippen molar-refractivity contribution in [1.82, 2.24) is 0 Å². The number of benzene rings is 1. The first kappa shape index (κ1) is 11.4. The van der Waals surface area contributed by atoms with Gasteiger partial charge in [-0.2, -0.15) is 0 Å². The number of hydrogen-bond donors (Lipinski definition) is 1. The van der Waals surface area contributed by atoms with Crippen LogP contribution < -0.4 is 0 Å². The Morgan fingerprint density at radius 1 is 1.36 bits per heavy atom. The minimum atomic E-state index is -0.837. The average molecular weight is 221 g/mol. The van der Waals surface area contributed by atoms with Crippen molar-refractivity contribution >= 4 is 11.6 Å². The lowest BCUT2D eigenvalue weighted by Crippen LogP contribution is -2.24. The normalized spacial score (nSPS) is 11.9. The molecule has 14 heavy (non-hydrogen) atoms. The molecule has 0 atom stereocenters. The molecule has 0 fully saturated rings. The van der Waals surface area contributed by atoms with Crippen molar-refractivity contribution in [2.24, 2.45) is 0 Å². The van der Waals surface area contributed by atoms with Gasteiger partial charge in [0.1, 0.15) is 11.6 Å². The van der Waals surface area contributed by atoms with E-state index in [9.17, 15) is 8.78 Å². The van der Waals surface area contributed by atoms with Crippen LogP contribution in [0.3, 0.4) is 0 Å². The molecule has 0 aliphatic heterocycles. The third-order valence-corrected chi connectivity index (χ3v) is 2.39. The maximum atomic E-state index is 13.5. The van der Waals surface area contributed by atoms with Gasteiger partial charge < -0.3 is 5.11 Å². The molecule has 1 aromatic carbocycles. The Morgan fingerprint density at radius 2 is 1.93 bits per heavy atom. The molecule has 1 aromatic rings. The van der Waals surface area contributed by atoms with E-state index < -0.39 is 17.0 Å². The molecular weight excluding hydrogens is 210 g/mol. The van der Waals surface area contributed by atoms with Gasteiger partial charge in [-0.1, -0.05) is 25.4 Å². The van der Waals surface area contributed by atoms with Gasteiger partial charge >= 0.3 is 0 Å². The number of aliphatic hydroxyl groups is 1. The van der Waals surface area contributed by atoms with Crippen LogP contribution >= 0.6 is 11.6 Å². The highest BCUT2D eigenvalue weighted by Crippen LogP contribution is 2.30. The summed E-state index contributed by atoms with van der Waals surface area (Å²) >= 11 is 5.49. The second kappa shape index (κ2) is 3.83. The smallest absolute Gasteiger partial charge is 0.145 e. The molecule has 0 bridgehead atoms. The Kier molecular flexibility index (Phi) is 3.12. The zero-order chi connectivity index (χ0) is 10.9. The quantitative estimate of drug-likeness (QED) is 0.760. The van der Waals surface area contributed by atoms with Crippen LogP contribution in [0.15, 0.2) is 12.1 Å². The van der Waals surface area contributed by atoms with Gasteiger partial charge in [0.05, 0.1) is 11.6 Å². The van der Waals surface area contributed by atoms with Crippen LogP contribution in [0.1, 0.15) is 19.4 Å². The van der Waals surface area contributed by atoms with E-state index in [-0.39, 0.29) is 17.2 Å². The van der Waals surface area contributed by atoms with E-state index in [4.69, 9.17) is 16.7 Å². The molecular formula is C10H11ClF2O. The Bertz CT molecular complexity index is 350. The predicted molar refractivity (Wildman–Crippen MR) is 51.5 cm³/mol. The summed E-state index contributed by atoms with van der Waals surface area (Å²) < 4.78 is 26.4. The van der Waals surface area contributed by atoms with Crippen LogP contribution in [0.25, 0.3) is 0 Å². The van der Waals surface area contributed by atoms with Gasteiger partial charge in [0, 0.05) is 11.0 Å². The largest absolute Gasteiger partial charge is 0.395 e. The molecule has 0 aliphatic carbocycles. The fourth-order valence-electron chi connectivity index (χ4n) is 1.13. The number of halogens is 3. The molecule has 0 aliphatic rings. The van der Waals surface area contributed by atoms with Crippen LogP contribution in [0.5, 0.6) is 0 Å². The van der Waals surface area contributed by atoms with E-state index in [1.165, 1.54) is 0 Å². The van der Waals surface area contributed by atoms with Gasteiger partial charge in [0.25, 0.3) is 0 Å². The molecule has 0 saturated carbocycles. The summed E-state index contributed by atoms with van der Waals surface area (Å²) in [7, 11) is 0. The zero-order valence-electron chi connectivity index (χ0n) is 7.94. The fraction of sp³-hybridized carbons (Fsp3) is 0.400. The summed E-state index contributed by atoms with van der Waals surface area (Å²) in [4.78, 5) is 0. The topological polar surface area (TPSA) is 20.2 Å². The molecule has 4 heteroatoms. The summed E-state index contributed by atoms with van der Waals surface area (Å²) in [5, 5.41) is 8.76. The van der Waals surface area contributed by atoms with Gasteiger partial charge in [-0.15, -0.1) is 0 Å². The molecule has 1 N–H and O–H groups in total. The highest BCUT2D eigenvalue weighted by Gasteiger charge is 2.25. The summed E-state index contributed by atoms with van der Waals surface area (Å²) in [6.45, 7) is 2.95. The predicted octanol–water partition coefficient (Wildman–Crippen LogP) is 2.89. The summed E-state index contributed by atoms with van der Waals surface area (Å²) in [6.07, 6.45) is 0. The second-order valence-corrected chi connectivity index (χ2v) is 4.20. The van der Waals surface area contributed by atoms with E-state index in [1.807, 2.05) is 0 Å². The van der Waals surface area contributed by atoms with Crippen molar-refractivity contribution in [3.63, 3.8) is 0 Å². The molecule has 78 valence electrons. The zero-order valence-corrected chi connectivity index (χ0v) is 8.70. The molecule has 1 rings (SSSR count). The monoisotopic (exact) mass is 220 g/mol. The molecule has 0 saturated heterocycles. The maximum Gasteiger partial charge on any atom is 0.145 e. The van der Waals surface area contributed by atoms with Crippen molar-refractivity contribution in [2.45, 2.75) is 19.3 Å². The van der Waals surface area contributed by atoms with Crippen molar-refractivity contribution in [1.29, 1.82) is 0 Å². The average Bonchev–Trinajstić information content (AvgIpc) is 2.11. The van der Waals surface area contributed by atoms with E-state index in [1.54, 1.807) is 13.8 Å². The molecule has 0 unspecified atom stereocenters. The van der Waals surface area contributed by atoms with Gasteiger partial charge in [-0.3, -0.25) is 0 Å². The van der Waals surface area contributed by atoms with Crippen molar-refractivity contribution in [2.75, 3.05) is 6.61 Å².